The van der Waals surface area contributed by atoms with Gasteiger partial charge in [-0.1, -0.05) is 18.2 Å². The van der Waals surface area contributed by atoms with Crippen molar-refractivity contribution in [1.29, 1.82) is 0 Å². The van der Waals surface area contributed by atoms with Crippen molar-refractivity contribution in [3.8, 4) is 11.5 Å². The molecule has 2 aromatic carbocycles. The summed E-state index contributed by atoms with van der Waals surface area (Å²) in [5.41, 5.74) is 0.943. The maximum absolute atomic E-state index is 9.96. The molecule has 21 heavy (non-hydrogen) atoms. The van der Waals surface area contributed by atoms with E-state index in [1.165, 1.54) is 0 Å². The summed E-state index contributed by atoms with van der Waals surface area (Å²) in [6, 6.07) is 15.1. The first-order valence-corrected chi connectivity index (χ1v) is 7.41. The Morgan fingerprint density at radius 2 is 1.90 bits per heavy atom. The van der Waals surface area contributed by atoms with Crippen LogP contribution in [0.2, 0.25) is 0 Å². The van der Waals surface area contributed by atoms with E-state index in [-0.39, 0.29) is 6.61 Å². The Bertz CT molecular complexity index is 577. The Kier molecular flexibility index (Phi) is 5.90. The minimum atomic E-state index is -0.608. The van der Waals surface area contributed by atoms with Gasteiger partial charge in [0.1, 0.15) is 24.2 Å². The largest absolute Gasteiger partial charge is 0.497 e. The zero-order valence-corrected chi connectivity index (χ0v) is 13.3. The van der Waals surface area contributed by atoms with E-state index in [4.69, 9.17) is 9.47 Å². The van der Waals surface area contributed by atoms with E-state index in [1.807, 2.05) is 42.5 Å². The van der Waals surface area contributed by atoms with Crippen molar-refractivity contribution in [2.45, 2.75) is 6.10 Å². The summed E-state index contributed by atoms with van der Waals surface area (Å²) in [6.07, 6.45) is -0.608. The van der Waals surface area contributed by atoms with Crippen LogP contribution < -0.4 is 14.8 Å². The molecule has 0 amide bonds. The number of nitrogens with one attached hydrogen (secondary N) is 1. The fourth-order valence-corrected chi connectivity index (χ4v) is 2.20. The smallest absolute Gasteiger partial charge is 0.123 e. The lowest BCUT2D eigenvalue weighted by Gasteiger charge is -2.15. The fourth-order valence-electron chi connectivity index (χ4n) is 1.77. The van der Waals surface area contributed by atoms with Gasteiger partial charge in [0.05, 0.1) is 7.11 Å². The average Bonchev–Trinajstić information content (AvgIpc) is 2.52. The molecule has 0 aliphatic heterocycles. The molecule has 0 radical (unpaired) electrons. The monoisotopic (exact) mass is 351 g/mol. The van der Waals surface area contributed by atoms with Crippen molar-refractivity contribution in [2.24, 2.45) is 0 Å². The fraction of sp³-hybridized carbons (Fsp3) is 0.250. The average molecular weight is 352 g/mol. The van der Waals surface area contributed by atoms with Crippen molar-refractivity contribution >= 4 is 21.6 Å². The summed E-state index contributed by atoms with van der Waals surface area (Å²) in [7, 11) is 1.61. The topological polar surface area (TPSA) is 50.7 Å². The van der Waals surface area contributed by atoms with Crippen LogP contribution >= 0.6 is 15.9 Å². The molecule has 0 saturated carbocycles. The molecule has 0 saturated heterocycles. The highest BCUT2D eigenvalue weighted by Gasteiger charge is 2.07. The second-order valence-electron chi connectivity index (χ2n) is 4.50. The number of rotatable bonds is 7. The van der Waals surface area contributed by atoms with E-state index in [2.05, 4.69) is 21.2 Å². The molecular weight excluding hydrogens is 334 g/mol. The molecule has 4 nitrogen and oxygen atoms in total. The van der Waals surface area contributed by atoms with Gasteiger partial charge in [-0.25, -0.2) is 0 Å². The molecule has 0 aliphatic carbocycles. The molecule has 0 fully saturated rings. The summed E-state index contributed by atoms with van der Waals surface area (Å²) < 4.78 is 11.6. The lowest BCUT2D eigenvalue weighted by atomic mass is 10.3. The van der Waals surface area contributed by atoms with Gasteiger partial charge in [0, 0.05) is 22.8 Å². The van der Waals surface area contributed by atoms with Crippen molar-refractivity contribution < 1.29 is 14.6 Å². The molecule has 0 aromatic heterocycles. The van der Waals surface area contributed by atoms with Gasteiger partial charge < -0.3 is 19.9 Å². The molecular formula is C16H18BrNO3. The van der Waals surface area contributed by atoms with Crippen LogP contribution in [0.4, 0.5) is 5.69 Å². The van der Waals surface area contributed by atoms with Gasteiger partial charge >= 0.3 is 0 Å². The number of methoxy groups -OCH3 is 1. The van der Waals surface area contributed by atoms with Crippen LogP contribution in [0, 0.1) is 0 Å². The third-order valence-electron chi connectivity index (χ3n) is 2.89. The first-order chi connectivity index (χ1) is 10.2. The van der Waals surface area contributed by atoms with Gasteiger partial charge in [-0.05, 0) is 40.2 Å². The summed E-state index contributed by atoms with van der Waals surface area (Å²) >= 11 is 3.45. The SMILES string of the molecule is COc1cccc(OCC(O)CNc2ccccc2Br)c1. The number of anilines is 1. The molecule has 1 atom stereocenters. The number of halogens is 1. The molecule has 2 rings (SSSR count). The van der Waals surface area contributed by atoms with Gasteiger partial charge in [0.25, 0.3) is 0 Å². The van der Waals surface area contributed by atoms with E-state index < -0.39 is 6.10 Å². The zero-order valence-electron chi connectivity index (χ0n) is 11.8. The number of hydrogen-bond donors (Lipinski definition) is 2. The first kappa shape index (κ1) is 15.7. The normalized spacial score (nSPS) is 11.8. The molecule has 0 heterocycles. The van der Waals surface area contributed by atoms with E-state index in [9.17, 15) is 5.11 Å². The second kappa shape index (κ2) is 7.90. The Morgan fingerprint density at radius 1 is 1.14 bits per heavy atom. The van der Waals surface area contributed by atoms with Crippen LogP contribution in [-0.2, 0) is 0 Å². The van der Waals surface area contributed by atoms with Crippen LogP contribution in [0.15, 0.2) is 53.0 Å². The summed E-state index contributed by atoms with van der Waals surface area (Å²) in [6.45, 7) is 0.622. The third-order valence-corrected chi connectivity index (χ3v) is 3.58. The molecule has 2 aromatic rings. The van der Waals surface area contributed by atoms with Gasteiger partial charge in [-0.2, -0.15) is 0 Å². The molecule has 112 valence electrons. The number of hydrogen-bond acceptors (Lipinski definition) is 4. The molecule has 5 heteroatoms. The maximum Gasteiger partial charge on any atom is 0.123 e. The third kappa shape index (κ3) is 4.95. The highest BCUT2D eigenvalue weighted by molar-refractivity contribution is 9.10. The minimum Gasteiger partial charge on any atom is -0.497 e. The summed E-state index contributed by atoms with van der Waals surface area (Å²) in [4.78, 5) is 0. The van der Waals surface area contributed by atoms with Crippen LogP contribution in [0.5, 0.6) is 11.5 Å². The van der Waals surface area contributed by atoms with Crippen molar-refractivity contribution in [3.63, 3.8) is 0 Å². The highest BCUT2D eigenvalue weighted by Crippen LogP contribution is 2.21. The van der Waals surface area contributed by atoms with E-state index in [0.29, 0.717) is 12.3 Å². The second-order valence-corrected chi connectivity index (χ2v) is 5.36. The molecule has 0 aliphatic rings. The van der Waals surface area contributed by atoms with Crippen LogP contribution in [0.1, 0.15) is 0 Å². The lowest BCUT2D eigenvalue weighted by Crippen LogP contribution is -2.26. The quantitative estimate of drug-likeness (QED) is 0.803. The van der Waals surface area contributed by atoms with Gasteiger partial charge in [0.15, 0.2) is 0 Å². The predicted octanol–water partition coefficient (Wildman–Crippen LogP) is 3.31. The van der Waals surface area contributed by atoms with Crippen molar-refractivity contribution in [2.75, 3.05) is 25.6 Å². The minimum absolute atomic E-state index is 0.213. The first-order valence-electron chi connectivity index (χ1n) is 6.62. The highest BCUT2D eigenvalue weighted by atomic mass is 79.9. The Labute approximate surface area is 132 Å². The number of aliphatic hydroxyl groups excluding tert-OH is 1. The van der Waals surface area contributed by atoms with Crippen LogP contribution in [-0.4, -0.2) is 31.5 Å². The number of benzene rings is 2. The van der Waals surface area contributed by atoms with Gasteiger partial charge in [-0.15, -0.1) is 0 Å². The van der Waals surface area contributed by atoms with Crippen LogP contribution in [0.25, 0.3) is 0 Å². The molecule has 1 unspecified atom stereocenters. The predicted molar refractivity (Wildman–Crippen MR) is 87.1 cm³/mol. The summed E-state index contributed by atoms with van der Waals surface area (Å²) in [5.74, 6) is 1.41. The Morgan fingerprint density at radius 3 is 2.67 bits per heavy atom. The lowest BCUT2D eigenvalue weighted by molar-refractivity contribution is 0.117. The zero-order chi connectivity index (χ0) is 15.1. The van der Waals surface area contributed by atoms with Crippen molar-refractivity contribution in [1.82, 2.24) is 0 Å². The van der Waals surface area contributed by atoms with Crippen LogP contribution in [0.3, 0.4) is 0 Å². The Balaban J connectivity index is 1.79. The maximum atomic E-state index is 9.96. The van der Waals surface area contributed by atoms with E-state index in [0.717, 1.165) is 15.9 Å². The standard InChI is InChI=1S/C16H18BrNO3/c1-20-13-5-4-6-14(9-13)21-11-12(19)10-18-16-8-3-2-7-15(16)17/h2-9,12,18-19H,10-11H2,1H3. The van der Waals surface area contributed by atoms with Gasteiger partial charge in [-0.3, -0.25) is 0 Å². The number of ether oxygens (including phenoxy) is 2. The Hall–Kier alpha value is -1.72. The number of para-hydroxylation sites is 1. The molecule has 2 N–H and O–H groups in total. The van der Waals surface area contributed by atoms with Crippen molar-refractivity contribution in [3.05, 3.63) is 53.0 Å². The van der Waals surface area contributed by atoms with Gasteiger partial charge in [0.2, 0.25) is 0 Å². The molecule has 0 bridgehead atoms. The molecule has 0 spiro atoms. The summed E-state index contributed by atoms with van der Waals surface area (Å²) in [5, 5.41) is 13.1. The number of aliphatic hydroxyl groups is 1. The van der Waals surface area contributed by atoms with E-state index in [1.54, 1.807) is 13.2 Å². The van der Waals surface area contributed by atoms with E-state index >= 15 is 0 Å².